The van der Waals surface area contributed by atoms with E-state index in [1.54, 1.807) is 6.20 Å². The van der Waals surface area contributed by atoms with Gasteiger partial charge in [0.2, 0.25) is 5.91 Å². The van der Waals surface area contributed by atoms with E-state index < -0.39 is 0 Å². The monoisotopic (exact) mass is 358 g/mol. The van der Waals surface area contributed by atoms with Crippen molar-refractivity contribution in [2.75, 3.05) is 5.32 Å². The maximum Gasteiger partial charge on any atom is 0.231 e. The number of carbonyl (C=O) groups is 1. The molecule has 1 aliphatic rings. The molecule has 27 heavy (non-hydrogen) atoms. The van der Waals surface area contributed by atoms with Crippen molar-refractivity contribution < 1.29 is 4.79 Å². The fourth-order valence-electron chi connectivity index (χ4n) is 4.45. The summed E-state index contributed by atoms with van der Waals surface area (Å²) >= 11 is 0. The molecule has 1 aromatic heterocycles. The lowest BCUT2D eigenvalue weighted by Crippen LogP contribution is -2.45. The van der Waals surface area contributed by atoms with Crippen molar-refractivity contribution in [3.8, 4) is 0 Å². The first kappa shape index (κ1) is 17.7. The lowest BCUT2D eigenvalue weighted by atomic mass is 9.63. The first-order chi connectivity index (χ1) is 13.2. The van der Waals surface area contributed by atoms with Crippen LogP contribution in [0.4, 0.5) is 5.69 Å². The molecule has 1 aliphatic carbocycles. The van der Waals surface area contributed by atoms with E-state index >= 15 is 0 Å². The predicted octanol–water partition coefficient (Wildman–Crippen LogP) is 5.61. The Morgan fingerprint density at radius 2 is 1.89 bits per heavy atom. The number of hydrogen-bond acceptors (Lipinski definition) is 2. The van der Waals surface area contributed by atoms with Gasteiger partial charge in [0.05, 0.1) is 22.8 Å². The van der Waals surface area contributed by atoms with Gasteiger partial charge in [0.25, 0.3) is 0 Å². The first-order valence-corrected chi connectivity index (χ1v) is 9.87. The number of para-hydroxylation sites is 1. The molecule has 138 valence electrons. The average Bonchev–Trinajstić information content (AvgIpc) is 2.70. The number of benzene rings is 2. The number of pyridine rings is 1. The highest BCUT2D eigenvalue weighted by molar-refractivity contribution is 5.97. The summed E-state index contributed by atoms with van der Waals surface area (Å²) in [5.74, 6) is 0.496. The third kappa shape index (κ3) is 3.59. The Labute approximate surface area is 160 Å². The number of fused-ring (bicyclic) bond motifs is 1. The van der Waals surface area contributed by atoms with Gasteiger partial charge in [-0.3, -0.25) is 9.78 Å². The minimum Gasteiger partial charge on any atom is -0.324 e. The van der Waals surface area contributed by atoms with Crippen LogP contribution >= 0.6 is 0 Å². The molecule has 1 amide bonds. The third-order valence-corrected chi connectivity index (χ3v) is 6.12. The summed E-state index contributed by atoms with van der Waals surface area (Å²) in [5, 5.41) is 4.24. The molecule has 0 spiro atoms. The SMILES string of the molecule is CC1CCCCC1(Cc1ccccc1)C(=O)Nc1cnc2ccccc2c1. The van der Waals surface area contributed by atoms with Gasteiger partial charge < -0.3 is 5.32 Å². The van der Waals surface area contributed by atoms with Gasteiger partial charge in [-0.1, -0.05) is 68.3 Å². The number of nitrogens with zero attached hydrogens (tertiary/aromatic N) is 1. The highest BCUT2D eigenvalue weighted by Crippen LogP contribution is 2.44. The molecule has 0 bridgehead atoms. The highest BCUT2D eigenvalue weighted by Gasteiger charge is 2.44. The first-order valence-electron chi connectivity index (χ1n) is 9.87. The predicted molar refractivity (Wildman–Crippen MR) is 111 cm³/mol. The topological polar surface area (TPSA) is 42.0 Å². The van der Waals surface area contributed by atoms with E-state index in [1.165, 1.54) is 12.0 Å². The summed E-state index contributed by atoms with van der Waals surface area (Å²) in [7, 11) is 0. The minimum absolute atomic E-state index is 0.135. The van der Waals surface area contributed by atoms with Crippen molar-refractivity contribution in [2.24, 2.45) is 11.3 Å². The van der Waals surface area contributed by atoms with Crippen LogP contribution < -0.4 is 5.32 Å². The molecule has 1 saturated carbocycles. The Bertz CT molecular complexity index is 937. The van der Waals surface area contributed by atoms with Crippen LogP contribution in [0.1, 0.15) is 38.2 Å². The van der Waals surface area contributed by atoms with Gasteiger partial charge in [0.1, 0.15) is 0 Å². The van der Waals surface area contributed by atoms with Crippen molar-refractivity contribution in [3.63, 3.8) is 0 Å². The quantitative estimate of drug-likeness (QED) is 0.658. The van der Waals surface area contributed by atoms with E-state index in [2.05, 4.69) is 41.5 Å². The Kier molecular flexibility index (Phi) is 4.93. The number of aromatic nitrogens is 1. The van der Waals surface area contributed by atoms with Crippen LogP contribution in [-0.2, 0) is 11.2 Å². The molecule has 3 aromatic rings. The number of amides is 1. The van der Waals surface area contributed by atoms with Crippen LogP contribution in [0.25, 0.3) is 10.9 Å². The van der Waals surface area contributed by atoms with Gasteiger partial charge in [0, 0.05) is 5.39 Å². The third-order valence-electron chi connectivity index (χ3n) is 6.12. The Morgan fingerprint density at radius 1 is 1.11 bits per heavy atom. The molecule has 3 nitrogen and oxygen atoms in total. The van der Waals surface area contributed by atoms with E-state index in [-0.39, 0.29) is 11.3 Å². The maximum absolute atomic E-state index is 13.5. The average molecular weight is 358 g/mol. The van der Waals surface area contributed by atoms with Crippen molar-refractivity contribution in [3.05, 3.63) is 72.4 Å². The van der Waals surface area contributed by atoms with Gasteiger partial charge in [-0.2, -0.15) is 0 Å². The number of hydrogen-bond donors (Lipinski definition) is 1. The largest absolute Gasteiger partial charge is 0.324 e. The number of carbonyl (C=O) groups excluding carboxylic acids is 1. The van der Waals surface area contributed by atoms with Crippen LogP contribution in [0.15, 0.2) is 66.9 Å². The summed E-state index contributed by atoms with van der Waals surface area (Å²) in [6.45, 7) is 2.24. The molecule has 1 N–H and O–H groups in total. The molecular weight excluding hydrogens is 332 g/mol. The van der Waals surface area contributed by atoms with Crippen LogP contribution in [0, 0.1) is 11.3 Å². The van der Waals surface area contributed by atoms with Crippen molar-refractivity contribution in [1.82, 2.24) is 4.98 Å². The van der Waals surface area contributed by atoms with Gasteiger partial charge >= 0.3 is 0 Å². The number of anilines is 1. The standard InChI is InChI=1S/C24H26N2O/c1-18-9-7-8-14-24(18,16-19-10-3-2-4-11-19)23(27)26-21-15-20-12-5-6-13-22(20)25-17-21/h2-6,10-13,15,17-18H,7-9,14,16H2,1H3,(H,26,27). The summed E-state index contributed by atoms with van der Waals surface area (Å²) < 4.78 is 0. The molecule has 0 aliphatic heterocycles. The van der Waals surface area contributed by atoms with Gasteiger partial charge in [-0.05, 0) is 42.9 Å². The number of nitrogens with one attached hydrogen (secondary N) is 1. The van der Waals surface area contributed by atoms with E-state index in [4.69, 9.17) is 0 Å². The molecular formula is C24H26N2O. The Hall–Kier alpha value is -2.68. The van der Waals surface area contributed by atoms with Crippen LogP contribution in [-0.4, -0.2) is 10.9 Å². The van der Waals surface area contributed by atoms with Crippen LogP contribution in [0.2, 0.25) is 0 Å². The van der Waals surface area contributed by atoms with Gasteiger partial charge in [-0.15, -0.1) is 0 Å². The smallest absolute Gasteiger partial charge is 0.231 e. The molecule has 1 fully saturated rings. The zero-order valence-corrected chi connectivity index (χ0v) is 15.8. The van der Waals surface area contributed by atoms with Gasteiger partial charge in [-0.25, -0.2) is 0 Å². The molecule has 0 saturated heterocycles. The van der Waals surface area contributed by atoms with E-state index in [1.807, 2.05) is 36.4 Å². The van der Waals surface area contributed by atoms with E-state index in [0.717, 1.165) is 42.3 Å². The van der Waals surface area contributed by atoms with Crippen molar-refractivity contribution in [2.45, 2.75) is 39.0 Å². The normalized spacial score (nSPS) is 22.5. The molecule has 1 heterocycles. The van der Waals surface area contributed by atoms with E-state index in [0.29, 0.717) is 5.92 Å². The van der Waals surface area contributed by atoms with Gasteiger partial charge in [0.15, 0.2) is 0 Å². The molecule has 3 heteroatoms. The fraction of sp³-hybridized carbons (Fsp3) is 0.333. The van der Waals surface area contributed by atoms with Crippen molar-refractivity contribution in [1.29, 1.82) is 0 Å². The number of rotatable bonds is 4. The van der Waals surface area contributed by atoms with Crippen molar-refractivity contribution >= 4 is 22.5 Å². The summed E-state index contributed by atoms with van der Waals surface area (Å²) in [6.07, 6.45) is 6.93. The lowest BCUT2D eigenvalue weighted by molar-refractivity contribution is -0.130. The van der Waals surface area contributed by atoms with Crippen LogP contribution in [0.3, 0.4) is 0 Å². The summed E-state index contributed by atoms with van der Waals surface area (Å²) in [4.78, 5) is 18.0. The second-order valence-electron chi connectivity index (χ2n) is 7.84. The van der Waals surface area contributed by atoms with Crippen LogP contribution in [0.5, 0.6) is 0 Å². The lowest BCUT2D eigenvalue weighted by Gasteiger charge is -2.41. The van der Waals surface area contributed by atoms with E-state index in [9.17, 15) is 4.79 Å². The summed E-state index contributed by atoms with van der Waals surface area (Å²) in [5.41, 5.74) is 2.60. The zero-order valence-electron chi connectivity index (χ0n) is 15.8. The molecule has 2 atom stereocenters. The summed E-state index contributed by atoms with van der Waals surface area (Å²) in [6, 6.07) is 20.4. The maximum atomic E-state index is 13.5. The fourth-order valence-corrected chi connectivity index (χ4v) is 4.45. The molecule has 2 unspecified atom stereocenters. The Balaban J connectivity index is 1.63. The second kappa shape index (κ2) is 7.51. The Morgan fingerprint density at radius 3 is 2.70 bits per heavy atom. The molecule has 0 radical (unpaired) electrons. The molecule has 2 aromatic carbocycles. The zero-order chi connectivity index (χ0) is 18.7. The highest BCUT2D eigenvalue weighted by atomic mass is 16.2. The molecule has 4 rings (SSSR count). The second-order valence-corrected chi connectivity index (χ2v) is 7.84. The minimum atomic E-state index is -0.356.